The second-order valence-corrected chi connectivity index (χ2v) is 16.4. The first kappa shape index (κ1) is 41.9. The van der Waals surface area contributed by atoms with E-state index in [0.717, 1.165) is 106 Å². The van der Waals surface area contributed by atoms with E-state index in [0.29, 0.717) is 16.6 Å². The van der Waals surface area contributed by atoms with Crippen molar-refractivity contribution in [2.75, 3.05) is 36.8 Å². The van der Waals surface area contributed by atoms with E-state index in [9.17, 15) is 24.3 Å². The molecule has 4 aromatic carbocycles. The fraction of sp³-hybridized carbons (Fsp3) is 0.391. The zero-order valence-corrected chi connectivity index (χ0v) is 33.7. The number of aliphatic carboxylic acids is 1. The fourth-order valence-electron chi connectivity index (χ4n) is 8.14. The molecule has 9 nitrogen and oxygen atoms in total. The molecule has 57 heavy (non-hydrogen) atoms. The van der Waals surface area contributed by atoms with Crippen molar-refractivity contribution in [2.24, 2.45) is 11.8 Å². The number of carboxylic acid groups (broad SMARTS) is 1. The van der Waals surface area contributed by atoms with Crippen LogP contribution in [0.5, 0.6) is 0 Å². The minimum absolute atomic E-state index is 0.00199. The van der Waals surface area contributed by atoms with E-state index >= 15 is 0 Å². The lowest BCUT2D eigenvalue weighted by molar-refractivity contribution is -0.147. The third-order valence-electron chi connectivity index (χ3n) is 11.9. The van der Waals surface area contributed by atoms with Crippen molar-refractivity contribution >= 4 is 58.3 Å². The van der Waals surface area contributed by atoms with Crippen LogP contribution in [0.15, 0.2) is 109 Å². The molecule has 8 rings (SSSR count). The number of amides is 3. The number of nitrogens with zero attached hydrogens (tertiary/aromatic N) is 1. The average molecular weight is 812 g/mol. The van der Waals surface area contributed by atoms with E-state index in [-0.39, 0.29) is 29.6 Å². The van der Waals surface area contributed by atoms with E-state index in [1.807, 2.05) is 102 Å². The van der Waals surface area contributed by atoms with Gasteiger partial charge in [-0.15, -0.1) is 0 Å². The number of piperidine rings is 2. The Morgan fingerprint density at radius 1 is 0.614 bits per heavy atom. The first-order valence-corrected chi connectivity index (χ1v) is 20.8. The number of carboxylic acids is 1. The summed E-state index contributed by atoms with van der Waals surface area (Å²) in [7, 11) is 0. The van der Waals surface area contributed by atoms with Gasteiger partial charge in [-0.05, 0) is 118 Å². The Bertz CT molecular complexity index is 1950. The van der Waals surface area contributed by atoms with E-state index in [1.54, 1.807) is 12.1 Å². The second-order valence-electron chi connectivity index (χ2n) is 15.5. The summed E-state index contributed by atoms with van der Waals surface area (Å²) in [4.78, 5) is 51.1. The summed E-state index contributed by atoms with van der Waals surface area (Å²) in [5, 5.41) is 19.7. The van der Waals surface area contributed by atoms with Gasteiger partial charge in [-0.25, -0.2) is 0 Å². The first-order chi connectivity index (χ1) is 27.6. The van der Waals surface area contributed by atoms with Crippen molar-refractivity contribution in [1.82, 2.24) is 10.2 Å². The molecule has 0 aromatic heterocycles. The molecule has 2 saturated heterocycles. The van der Waals surface area contributed by atoms with Crippen LogP contribution in [0.2, 0.25) is 10.0 Å². The number of rotatable bonds is 8. The highest BCUT2D eigenvalue weighted by atomic mass is 35.5. The Morgan fingerprint density at radius 3 is 1.53 bits per heavy atom. The van der Waals surface area contributed by atoms with Crippen molar-refractivity contribution < 1.29 is 24.3 Å². The van der Waals surface area contributed by atoms with Gasteiger partial charge in [0.15, 0.2) is 0 Å². The van der Waals surface area contributed by atoms with Gasteiger partial charge in [0.2, 0.25) is 17.7 Å². The molecule has 0 unspecified atom stereocenters. The molecule has 4 fully saturated rings. The summed E-state index contributed by atoms with van der Waals surface area (Å²) in [6.45, 7) is 3.06. The lowest BCUT2D eigenvalue weighted by Crippen LogP contribution is -2.54. The largest absolute Gasteiger partial charge is 0.481 e. The molecule has 0 radical (unpaired) electrons. The molecule has 3 amide bonds. The quantitative estimate of drug-likeness (QED) is 0.141. The van der Waals surface area contributed by atoms with Crippen molar-refractivity contribution in [3.63, 3.8) is 0 Å². The maximum atomic E-state index is 13.5. The summed E-state index contributed by atoms with van der Waals surface area (Å²) in [5.74, 6) is -0.463. The third kappa shape index (κ3) is 10.4. The smallest absolute Gasteiger partial charge is 0.314 e. The lowest BCUT2D eigenvalue weighted by Gasteiger charge is -2.45. The number of benzene rings is 4. The second kappa shape index (κ2) is 19.6. The average Bonchev–Trinajstić information content (AvgIpc) is 3.20. The molecule has 2 aliphatic carbocycles. The van der Waals surface area contributed by atoms with Crippen molar-refractivity contribution in [2.45, 2.75) is 75.0 Å². The molecule has 4 aromatic rings. The van der Waals surface area contributed by atoms with Gasteiger partial charge in [-0.3, -0.25) is 19.2 Å². The number of carbonyl (C=O) groups excluding carboxylic acids is 3. The number of halogens is 2. The molecular formula is C46H52Cl2N4O5. The monoisotopic (exact) mass is 810 g/mol. The van der Waals surface area contributed by atoms with Crippen LogP contribution in [-0.2, 0) is 30.0 Å². The van der Waals surface area contributed by atoms with E-state index in [2.05, 4.69) is 16.0 Å². The topological polar surface area (TPSA) is 128 Å². The maximum Gasteiger partial charge on any atom is 0.314 e. The Hall–Kier alpha value is -4.70. The minimum atomic E-state index is -0.717. The van der Waals surface area contributed by atoms with Gasteiger partial charge in [-0.2, -0.15) is 0 Å². The van der Waals surface area contributed by atoms with Crippen molar-refractivity contribution in [3.8, 4) is 0 Å². The summed E-state index contributed by atoms with van der Waals surface area (Å²) in [6, 6.07) is 33.9. The SMILES string of the molecule is O=C(Nc1ccccc1)[C@@H]1CCCN(C(=O)C2(c3ccc(Cl)cc3)CCC2)C1.O=C(Nc1ccccc1)[C@@H]1CCCNC1.O=C(O)C1(c2ccc(Cl)cc2)CCC1. The van der Waals surface area contributed by atoms with Crippen LogP contribution in [0.25, 0.3) is 0 Å². The van der Waals surface area contributed by atoms with Gasteiger partial charge in [-0.1, -0.05) is 96.7 Å². The molecule has 11 heteroatoms. The predicted molar refractivity (Wildman–Crippen MR) is 227 cm³/mol. The van der Waals surface area contributed by atoms with E-state index in [1.165, 1.54) is 0 Å². The normalized spacial score (nSPS) is 20.4. The van der Waals surface area contributed by atoms with Crippen molar-refractivity contribution in [3.05, 3.63) is 130 Å². The predicted octanol–water partition coefficient (Wildman–Crippen LogP) is 9.11. The van der Waals surface area contributed by atoms with Crippen molar-refractivity contribution in [1.29, 1.82) is 0 Å². The molecule has 2 atom stereocenters. The zero-order chi connectivity index (χ0) is 40.3. The summed E-state index contributed by atoms with van der Waals surface area (Å²) in [5.41, 5.74) is 2.53. The molecule has 2 heterocycles. The number of likely N-dealkylation sites (tertiary alicyclic amines) is 1. The van der Waals surface area contributed by atoms with Gasteiger partial charge in [0.25, 0.3) is 0 Å². The fourth-order valence-corrected chi connectivity index (χ4v) is 8.39. The standard InChI is InChI=1S/C23H25ClN2O2.C12H16N2O.C11H11ClO2/c24-19-11-9-18(10-12-19)23(13-5-14-23)22(28)26-15-4-6-17(16-26)21(27)25-20-7-2-1-3-8-20;15-12(10-5-4-8-13-9-10)14-11-6-2-1-3-7-11;12-9-4-2-8(3-5-9)11(10(13)14)6-1-7-11/h1-3,7-12,17H,4-6,13-16H2,(H,25,27);1-3,6-7,10,13H,4-5,8-9H2,(H,14,15);2-5H,1,6-7H2,(H,13,14)/t17-;10-;/m11./s1. The van der Waals surface area contributed by atoms with E-state index < -0.39 is 16.8 Å². The van der Waals surface area contributed by atoms with Gasteiger partial charge in [0, 0.05) is 41.1 Å². The minimum Gasteiger partial charge on any atom is -0.481 e. The molecule has 2 saturated carbocycles. The number of anilines is 2. The Morgan fingerprint density at radius 2 is 1.09 bits per heavy atom. The zero-order valence-electron chi connectivity index (χ0n) is 32.2. The first-order valence-electron chi connectivity index (χ1n) is 20.1. The van der Waals surface area contributed by atoms with Crippen LogP contribution >= 0.6 is 23.2 Å². The van der Waals surface area contributed by atoms with Crippen LogP contribution in [0.1, 0.15) is 75.3 Å². The van der Waals surface area contributed by atoms with Crippen LogP contribution in [0.3, 0.4) is 0 Å². The van der Waals surface area contributed by atoms with Crippen LogP contribution < -0.4 is 16.0 Å². The maximum absolute atomic E-state index is 13.5. The molecule has 0 bridgehead atoms. The molecule has 4 N–H and O–H groups in total. The van der Waals surface area contributed by atoms with Gasteiger partial charge < -0.3 is 26.0 Å². The summed E-state index contributed by atoms with van der Waals surface area (Å²) < 4.78 is 0. The number of carbonyl (C=O) groups is 4. The van der Waals surface area contributed by atoms with Crippen LogP contribution in [0, 0.1) is 11.8 Å². The molecule has 0 spiro atoms. The number of nitrogens with one attached hydrogen (secondary N) is 3. The number of hydrogen-bond acceptors (Lipinski definition) is 5. The number of hydrogen-bond donors (Lipinski definition) is 4. The molecule has 300 valence electrons. The van der Waals surface area contributed by atoms with E-state index in [4.69, 9.17) is 23.2 Å². The van der Waals surface area contributed by atoms with Gasteiger partial charge in [0.1, 0.15) is 0 Å². The summed E-state index contributed by atoms with van der Waals surface area (Å²) in [6.07, 6.45) is 9.02. The van der Waals surface area contributed by atoms with Crippen LogP contribution in [-0.4, -0.2) is 59.9 Å². The van der Waals surface area contributed by atoms with Gasteiger partial charge >= 0.3 is 5.97 Å². The molecule has 2 aliphatic heterocycles. The highest BCUT2D eigenvalue weighted by molar-refractivity contribution is 6.30. The highest BCUT2D eigenvalue weighted by Crippen LogP contribution is 2.46. The molecule has 4 aliphatic rings. The Kier molecular flexibility index (Phi) is 14.4. The molecular weight excluding hydrogens is 759 g/mol. The van der Waals surface area contributed by atoms with Crippen LogP contribution in [0.4, 0.5) is 11.4 Å². The lowest BCUT2D eigenvalue weighted by atomic mass is 9.63. The third-order valence-corrected chi connectivity index (χ3v) is 12.4. The Balaban J connectivity index is 0.000000159. The van der Waals surface area contributed by atoms with Gasteiger partial charge in [0.05, 0.1) is 22.7 Å². The number of para-hydroxylation sites is 2. The summed E-state index contributed by atoms with van der Waals surface area (Å²) >= 11 is 11.8. The highest BCUT2D eigenvalue weighted by Gasteiger charge is 2.49. The Labute approximate surface area is 345 Å².